The molecule has 2 rings (SSSR count). The van der Waals surface area contributed by atoms with Crippen LogP contribution in [0.5, 0.6) is 0 Å². The lowest BCUT2D eigenvalue weighted by Gasteiger charge is -2.17. The second-order valence-corrected chi connectivity index (χ2v) is 4.83. The number of hydrogen-bond donors (Lipinski definition) is 1. The zero-order valence-electron chi connectivity index (χ0n) is 10.3. The molecule has 0 saturated heterocycles. The van der Waals surface area contributed by atoms with Crippen LogP contribution in [0.2, 0.25) is 5.02 Å². The third-order valence-electron chi connectivity index (χ3n) is 2.76. The minimum absolute atomic E-state index is 0.254. The molecule has 4 nitrogen and oxygen atoms in total. The summed E-state index contributed by atoms with van der Waals surface area (Å²) in [7, 11) is 1.80. The molecule has 0 spiro atoms. The Morgan fingerprint density at radius 1 is 1.39 bits per heavy atom. The Labute approximate surface area is 109 Å². The molecule has 0 unspecified atom stereocenters. The highest BCUT2D eigenvalue weighted by Crippen LogP contribution is 2.28. The van der Waals surface area contributed by atoms with E-state index in [1.165, 1.54) is 18.2 Å². The molecule has 0 radical (unpaired) electrons. The van der Waals surface area contributed by atoms with Gasteiger partial charge in [0.05, 0.1) is 10.6 Å². The van der Waals surface area contributed by atoms with Crippen molar-refractivity contribution in [1.82, 2.24) is 15.5 Å². The standard InChI is InChI=1S/C12H13ClFN3O/c1-12(2,15-3)11-16-10(17-18-11)8-5-4-7(14)6-9(8)13/h4-6,15H,1-3H3. The van der Waals surface area contributed by atoms with Gasteiger partial charge in [-0.15, -0.1) is 0 Å². The number of hydrogen-bond acceptors (Lipinski definition) is 4. The predicted octanol–water partition coefficient (Wildman–Crippen LogP) is 2.98. The van der Waals surface area contributed by atoms with Crippen LogP contribution in [0.15, 0.2) is 22.7 Å². The van der Waals surface area contributed by atoms with Gasteiger partial charge in [0.15, 0.2) is 0 Å². The second-order valence-electron chi connectivity index (χ2n) is 4.42. The molecule has 0 amide bonds. The molecule has 0 bridgehead atoms. The van der Waals surface area contributed by atoms with Crippen LogP contribution in [0.3, 0.4) is 0 Å². The quantitative estimate of drug-likeness (QED) is 0.931. The maximum Gasteiger partial charge on any atom is 0.246 e. The second kappa shape index (κ2) is 4.66. The molecule has 1 heterocycles. The van der Waals surface area contributed by atoms with Crippen molar-refractivity contribution in [2.45, 2.75) is 19.4 Å². The van der Waals surface area contributed by atoms with Crippen LogP contribution >= 0.6 is 11.6 Å². The number of halogens is 2. The Kier molecular flexibility index (Phi) is 3.36. The largest absolute Gasteiger partial charge is 0.337 e. The molecule has 0 saturated carbocycles. The average molecular weight is 270 g/mol. The maximum absolute atomic E-state index is 13.0. The lowest BCUT2D eigenvalue weighted by Crippen LogP contribution is -2.33. The Morgan fingerprint density at radius 2 is 2.11 bits per heavy atom. The normalized spacial score (nSPS) is 11.8. The summed E-state index contributed by atoms with van der Waals surface area (Å²) in [6.45, 7) is 3.83. The fourth-order valence-electron chi connectivity index (χ4n) is 1.36. The number of benzene rings is 1. The van der Waals surface area contributed by atoms with Gasteiger partial charge in [0.1, 0.15) is 5.82 Å². The summed E-state index contributed by atoms with van der Waals surface area (Å²) in [4.78, 5) is 4.27. The van der Waals surface area contributed by atoms with E-state index in [0.29, 0.717) is 17.3 Å². The van der Waals surface area contributed by atoms with Crippen LogP contribution in [0.25, 0.3) is 11.4 Å². The first-order valence-corrected chi connectivity index (χ1v) is 5.80. The van der Waals surface area contributed by atoms with Crippen molar-refractivity contribution >= 4 is 11.6 Å². The molecule has 96 valence electrons. The van der Waals surface area contributed by atoms with Crippen molar-refractivity contribution in [1.29, 1.82) is 0 Å². The molecule has 1 aromatic heterocycles. The summed E-state index contributed by atoms with van der Waals surface area (Å²) in [5.74, 6) is 0.390. The Bertz CT molecular complexity index is 568. The van der Waals surface area contributed by atoms with Crippen LogP contribution in [-0.2, 0) is 5.54 Å². The summed E-state index contributed by atoms with van der Waals surface area (Å²) in [5.41, 5.74) is 0.109. The average Bonchev–Trinajstić information content (AvgIpc) is 2.79. The van der Waals surface area contributed by atoms with E-state index < -0.39 is 11.4 Å². The van der Waals surface area contributed by atoms with E-state index in [0.717, 1.165) is 0 Å². The summed E-state index contributed by atoms with van der Waals surface area (Å²) in [6, 6.07) is 4.05. The predicted molar refractivity (Wildman–Crippen MR) is 66.8 cm³/mol. The van der Waals surface area contributed by atoms with Gasteiger partial charge in [-0.25, -0.2) is 4.39 Å². The van der Waals surface area contributed by atoms with Crippen LogP contribution in [0.1, 0.15) is 19.7 Å². The molecule has 0 fully saturated rings. The molecular formula is C12H13ClFN3O. The van der Waals surface area contributed by atoms with Gasteiger partial charge in [-0.3, -0.25) is 0 Å². The van der Waals surface area contributed by atoms with Gasteiger partial charge in [-0.1, -0.05) is 16.8 Å². The Hall–Kier alpha value is -1.46. The molecule has 2 aromatic rings. The lowest BCUT2D eigenvalue weighted by molar-refractivity contribution is 0.281. The smallest absolute Gasteiger partial charge is 0.246 e. The monoisotopic (exact) mass is 269 g/mol. The Balaban J connectivity index is 2.41. The van der Waals surface area contributed by atoms with Crippen molar-refractivity contribution in [2.24, 2.45) is 0 Å². The van der Waals surface area contributed by atoms with Crippen molar-refractivity contribution < 1.29 is 8.91 Å². The third-order valence-corrected chi connectivity index (χ3v) is 3.07. The molecule has 6 heteroatoms. The van der Waals surface area contributed by atoms with Crippen molar-refractivity contribution in [3.05, 3.63) is 34.9 Å². The minimum Gasteiger partial charge on any atom is -0.337 e. The Morgan fingerprint density at radius 3 is 2.72 bits per heavy atom. The maximum atomic E-state index is 13.0. The third kappa shape index (κ3) is 2.37. The number of rotatable bonds is 3. The SMILES string of the molecule is CNC(C)(C)c1nc(-c2ccc(F)cc2Cl)no1. The van der Waals surface area contributed by atoms with Crippen LogP contribution in [-0.4, -0.2) is 17.2 Å². The van der Waals surface area contributed by atoms with E-state index in [2.05, 4.69) is 15.5 Å². The van der Waals surface area contributed by atoms with Gasteiger partial charge in [0.25, 0.3) is 0 Å². The summed E-state index contributed by atoms with van der Waals surface area (Å²) in [5, 5.41) is 7.17. The van der Waals surface area contributed by atoms with Crippen LogP contribution in [0.4, 0.5) is 4.39 Å². The van der Waals surface area contributed by atoms with E-state index in [-0.39, 0.29) is 5.02 Å². The van der Waals surface area contributed by atoms with Crippen molar-refractivity contribution in [3.8, 4) is 11.4 Å². The number of nitrogens with one attached hydrogen (secondary N) is 1. The minimum atomic E-state index is -0.433. The van der Waals surface area contributed by atoms with E-state index in [4.69, 9.17) is 16.1 Å². The molecule has 1 aromatic carbocycles. The van der Waals surface area contributed by atoms with E-state index >= 15 is 0 Å². The highest BCUT2D eigenvalue weighted by molar-refractivity contribution is 6.33. The number of aromatic nitrogens is 2. The van der Waals surface area contributed by atoms with Crippen LogP contribution in [0, 0.1) is 5.82 Å². The summed E-state index contributed by atoms with van der Waals surface area (Å²) < 4.78 is 18.1. The number of nitrogens with zero attached hydrogens (tertiary/aromatic N) is 2. The zero-order chi connectivity index (χ0) is 13.3. The highest BCUT2D eigenvalue weighted by Gasteiger charge is 2.26. The van der Waals surface area contributed by atoms with Crippen molar-refractivity contribution in [2.75, 3.05) is 7.05 Å². The fourth-order valence-corrected chi connectivity index (χ4v) is 1.62. The van der Waals surface area contributed by atoms with Crippen molar-refractivity contribution in [3.63, 3.8) is 0 Å². The summed E-state index contributed by atoms with van der Waals surface area (Å²) in [6.07, 6.45) is 0. The molecule has 0 aliphatic carbocycles. The van der Waals surface area contributed by atoms with Crippen LogP contribution < -0.4 is 5.32 Å². The van der Waals surface area contributed by atoms with Gasteiger partial charge in [0.2, 0.25) is 11.7 Å². The molecular weight excluding hydrogens is 257 g/mol. The van der Waals surface area contributed by atoms with Gasteiger partial charge < -0.3 is 9.84 Å². The molecule has 0 atom stereocenters. The molecule has 18 heavy (non-hydrogen) atoms. The molecule has 0 aliphatic rings. The molecule has 0 aliphatic heterocycles. The van der Waals surface area contributed by atoms with Gasteiger partial charge >= 0.3 is 0 Å². The molecule has 1 N–H and O–H groups in total. The van der Waals surface area contributed by atoms with Gasteiger partial charge in [-0.2, -0.15) is 4.98 Å². The highest BCUT2D eigenvalue weighted by atomic mass is 35.5. The van der Waals surface area contributed by atoms with E-state index in [1.54, 1.807) is 7.05 Å². The first-order valence-electron chi connectivity index (χ1n) is 5.42. The van der Waals surface area contributed by atoms with Gasteiger partial charge in [-0.05, 0) is 39.1 Å². The first kappa shape index (κ1) is 13.0. The van der Waals surface area contributed by atoms with E-state index in [1.807, 2.05) is 13.8 Å². The van der Waals surface area contributed by atoms with Gasteiger partial charge in [0, 0.05) is 5.56 Å². The van der Waals surface area contributed by atoms with E-state index in [9.17, 15) is 4.39 Å². The lowest BCUT2D eigenvalue weighted by atomic mass is 10.1. The zero-order valence-corrected chi connectivity index (χ0v) is 11.0. The first-order chi connectivity index (χ1) is 8.44. The summed E-state index contributed by atoms with van der Waals surface area (Å²) >= 11 is 5.94. The fraction of sp³-hybridized carbons (Fsp3) is 0.333. The topological polar surface area (TPSA) is 51.0 Å².